The van der Waals surface area contributed by atoms with E-state index in [4.69, 9.17) is 0 Å². The largest absolute Gasteiger partial charge is 0.347 e. The summed E-state index contributed by atoms with van der Waals surface area (Å²) in [4.78, 5) is 17.1. The Morgan fingerprint density at radius 1 is 1.29 bits per heavy atom. The van der Waals surface area contributed by atoms with Gasteiger partial charge in [0.25, 0.3) is 5.91 Å². The van der Waals surface area contributed by atoms with Gasteiger partial charge in [0, 0.05) is 24.3 Å². The minimum absolute atomic E-state index is 0.0709. The third-order valence-corrected chi connectivity index (χ3v) is 5.94. The maximum atomic E-state index is 12.6. The Bertz CT molecular complexity index is 500. The lowest BCUT2D eigenvalue weighted by atomic mass is 9.95. The summed E-state index contributed by atoms with van der Waals surface area (Å²) in [5, 5.41) is 3.84. The van der Waals surface area contributed by atoms with Gasteiger partial charge in [-0.1, -0.05) is 19.3 Å². The predicted molar refractivity (Wildman–Crippen MR) is 86.8 cm³/mol. The third kappa shape index (κ3) is 3.28. The van der Waals surface area contributed by atoms with E-state index in [0.29, 0.717) is 11.3 Å². The highest BCUT2D eigenvalue weighted by atomic mass is 32.2. The Labute approximate surface area is 131 Å². The lowest BCUT2D eigenvalue weighted by Crippen LogP contribution is -2.44. The first-order chi connectivity index (χ1) is 10.3. The number of nitrogens with zero attached hydrogens (tertiary/aromatic N) is 2. The molecule has 1 aliphatic heterocycles. The van der Waals surface area contributed by atoms with Gasteiger partial charge in [-0.15, -0.1) is 0 Å². The molecule has 0 unspecified atom stereocenters. The molecular formula is C16H25N3OS. The van der Waals surface area contributed by atoms with Crippen LogP contribution in [0.5, 0.6) is 0 Å². The molecule has 5 heteroatoms. The van der Waals surface area contributed by atoms with Crippen molar-refractivity contribution >= 4 is 17.7 Å². The van der Waals surface area contributed by atoms with Gasteiger partial charge in [-0.3, -0.25) is 4.79 Å². The first kappa shape index (κ1) is 14.9. The smallest absolute Gasteiger partial charge is 0.269 e. The van der Waals surface area contributed by atoms with Crippen LogP contribution in [0.3, 0.4) is 0 Å². The van der Waals surface area contributed by atoms with Crippen molar-refractivity contribution in [2.45, 2.75) is 69.2 Å². The molecule has 21 heavy (non-hydrogen) atoms. The molecule has 0 saturated heterocycles. The Morgan fingerprint density at radius 2 is 2.14 bits per heavy atom. The molecule has 1 aliphatic carbocycles. The van der Waals surface area contributed by atoms with Gasteiger partial charge in [0.15, 0.2) is 0 Å². The molecule has 1 aromatic heterocycles. The molecule has 2 atom stereocenters. The fourth-order valence-electron chi connectivity index (χ4n) is 3.56. The summed E-state index contributed by atoms with van der Waals surface area (Å²) in [6.45, 7) is 0.939. The molecule has 0 spiro atoms. The number of aryl methyl sites for hydroxylation is 1. The second-order valence-electron chi connectivity index (χ2n) is 6.16. The Kier molecular flexibility index (Phi) is 4.88. The van der Waals surface area contributed by atoms with Crippen molar-refractivity contribution in [1.29, 1.82) is 0 Å². The highest BCUT2D eigenvalue weighted by molar-refractivity contribution is 7.99. The molecule has 0 radical (unpaired) electrons. The first-order valence-electron chi connectivity index (χ1n) is 8.17. The van der Waals surface area contributed by atoms with E-state index >= 15 is 0 Å². The zero-order valence-electron chi connectivity index (χ0n) is 12.8. The van der Waals surface area contributed by atoms with Gasteiger partial charge in [0.05, 0.1) is 6.20 Å². The molecule has 1 amide bonds. The van der Waals surface area contributed by atoms with Crippen molar-refractivity contribution in [3.05, 3.63) is 17.7 Å². The summed E-state index contributed by atoms with van der Waals surface area (Å²) in [6, 6.07) is 0.318. The Hall–Kier alpha value is -0.970. The molecule has 116 valence electrons. The fraction of sp³-hybridized carbons (Fsp3) is 0.750. The molecule has 4 nitrogen and oxygen atoms in total. The van der Waals surface area contributed by atoms with Crippen LogP contribution in [-0.4, -0.2) is 33.0 Å². The average Bonchev–Trinajstić information content (AvgIpc) is 2.77. The number of imidazole rings is 1. The van der Waals surface area contributed by atoms with E-state index in [2.05, 4.69) is 21.1 Å². The van der Waals surface area contributed by atoms with Gasteiger partial charge in [-0.2, -0.15) is 11.8 Å². The van der Waals surface area contributed by atoms with Crippen LogP contribution in [0.25, 0.3) is 0 Å². The number of thioether (sulfide) groups is 1. The molecule has 2 aliphatic rings. The van der Waals surface area contributed by atoms with Crippen LogP contribution >= 0.6 is 11.8 Å². The summed E-state index contributed by atoms with van der Waals surface area (Å²) in [5.74, 6) is 1.16. The summed E-state index contributed by atoms with van der Waals surface area (Å²) in [6.07, 6.45) is 13.4. The van der Waals surface area contributed by atoms with Crippen LogP contribution in [0.1, 0.15) is 61.3 Å². The predicted octanol–water partition coefficient (Wildman–Crippen LogP) is 3.01. The molecule has 3 rings (SSSR count). The SMILES string of the molecule is CS[C@@H]1CCCC[C@H]1NC(=O)c1cnc2n1CCCCC2. The molecule has 2 heterocycles. The van der Waals surface area contributed by atoms with E-state index in [1.165, 1.54) is 32.1 Å². The van der Waals surface area contributed by atoms with Crippen molar-refractivity contribution in [1.82, 2.24) is 14.9 Å². The van der Waals surface area contributed by atoms with Crippen LogP contribution < -0.4 is 5.32 Å². The molecule has 1 saturated carbocycles. The normalized spacial score (nSPS) is 26.0. The van der Waals surface area contributed by atoms with Gasteiger partial charge in [0.2, 0.25) is 0 Å². The number of hydrogen-bond donors (Lipinski definition) is 1. The van der Waals surface area contributed by atoms with Crippen LogP contribution in [0.2, 0.25) is 0 Å². The van der Waals surface area contributed by atoms with Crippen molar-refractivity contribution in [3.63, 3.8) is 0 Å². The maximum absolute atomic E-state index is 12.6. The highest BCUT2D eigenvalue weighted by Gasteiger charge is 2.27. The minimum Gasteiger partial charge on any atom is -0.347 e. The lowest BCUT2D eigenvalue weighted by molar-refractivity contribution is 0.0919. The summed E-state index contributed by atoms with van der Waals surface area (Å²) < 4.78 is 2.14. The first-order valence-corrected chi connectivity index (χ1v) is 9.46. The van der Waals surface area contributed by atoms with Crippen LogP contribution in [0.15, 0.2) is 6.20 Å². The standard InChI is InChI=1S/C16H25N3OS/c1-21-14-8-5-4-7-12(14)18-16(20)13-11-17-15-9-3-2-6-10-19(13)15/h11-12,14H,2-10H2,1H3,(H,18,20)/t12-,14-/m1/s1. The van der Waals surface area contributed by atoms with Gasteiger partial charge in [-0.05, 0) is 31.9 Å². The minimum atomic E-state index is 0.0709. The Balaban J connectivity index is 1.72. The third-order valence-electron chi connectivity index (χ3n) is 4.77. The zero-order chi connectivity index (χ0) is 14.7. The van der Waals surface area contributed by atoms with Crippen LogP contribution in [0.4, 0.5) is 0 Å². The van der Waals surface area contributed by atoms with Gasteiger partial charge >= 0.3 is 0 Å². The second kappa shape index (κ2) is 6.86. The van der Waals surface area contributed by atoms with E-state index in [-0.39, 0.29) is 5.91 Å². The molecule has 1 aromatic rings. The van der Waals surface area contributed by atoms with Gasteiger partial charge in [0.1, 0.15) is 11.5 Å². The Morgan fingerprint density at radius 3 is 3.00 bits per heavy atom. The number of hydrogen-bond acceptors (Lipinski definition) is 3. The lowest BCUT2D eigenvalue weighted by Gasteiger charge is -2.31. The molecule has 0 aromatic carbocycles. The number of carbonyl (C=O) groups is 1. The van der Waals surface area contributed by atoms with Crippen molar-refractivity contribution in [2.75, 3.05) is 6.26 Å². The monoisotopic (exact) mass is 307 g/mol. The number of rotatable bonds is 3. The van der Waals surface area contributed by atoms with E-state index in [1.54, 1.807) is 6.20 Å². The second-order valence-corrected chi connectivity index (χ2v) is 7.24. The fourth-order valence-corrected chi connectivity index (χ4v) is 4.50. The average molecular weight is 307 g/mol. The van der Waals surface area contributed by atoms with Crippen molar-refractivity contribution in [3.8, 4) is 0 Å². The molecule has 1 fully saturated rings. The van der Waals surface area contributed by atoms with E-state index in [1.807, 2.05) is 11.8 Å². The summed E-state index contributed by atoms with van der Waals surface area (Å²) in [5.41, 5.74) is 0.761. The number of fused-ring (bicyclic) bond motifs is 1. The number of aromatic nitrogens is 2. The number of amides is 1. The van der Waals surface area contributed by atoms with Gasteiger partial charge < -0.3 is 9.88 Å². The van der Waals surface area contributed by atoms with Crippen molar-refractivity contribution < 1.29 is 4.79 Å². The van der Waals surface area contributed by atoms with Crippen molar-refractivity contribution in [2.24, 2.45) is 0 Å². The van der Waals surface area contributed by atoms with E-state index in [9.17, 15) is 4.79 Å². The topological polar surface area (TPSA) is 46.9 Å². The van der Waals surface area contributed by atoms with E-state index in [0.717, 1.165) is 37.3 Å². The number of carbonyl (C=O) groups excluding carboxylic acids is 1. The highest BCUT2D eigenvalue weighted by Crippen LogP contribution is 2.27. The summed E-state index contributed by atoms with van der Waals surface area (Å²) in [7, 11) is 0. The zero-order valence-corrected chi connectivity index (χ0v) is 13.6. The van der Waals surface area contributed by atoms with Crippen LogP contribution in [0, 0.1) is 0 Å². The molecule has 0 bridgehead atoms. The number of nitrogens with one attached hydrogen (secondary N) is 1. The molecule has 1 N–H and O–H groups in total. The maximum Gasteiger partial charge on any atom is 0.269 e. The van der Waals surface area contributed by atoms with E-state index < -0.39 is 0 Å². The summed E-state index contributed by atoms with van der Waals surface area (Å²) >= 11 is 1.89. The van der Waals surface area contributed by atoms with Gasteiger partial charge in [-0.25, -0.2) is 4.98 Å². The quantitative estimate of drug-likeness (QED) is 0.934. The van der Waals surface area contributed by atoms with Crippen LogP contribution in [-0.2, 0) is 13.0 Å². The molecular weight excluding hydrogens is 282 g/mol.